The summed E-state index contributed by atoms with van der Waals surface area (Å²) in [5.74, 6) is 0.502. The van der Waals surface area contributed by atoms with Gasteiger partial charge in [-0.1, -0.05) is 18.2 Å². The van der Waals surface area contributed by atoms with Crippen molar-refractivity contribution in [1.29, 1.82) is 0 Å². The zero-order chi connectivity index (χ0) is 15.2. The maximum absolute atomic E-state index is 13.2. The highest BCUT2D eigenvalue weighted by molar-refractivity contribution is 5.46. The number of nitrogens with zero attached hydrogens (tertiary/aromatic N) is 1. The summed E-state index contributed by atoms with van der Waals surface area (Å²) in [6.07, 6.45) is -0.644. The van der Waals surface area contributed by atoms with Gasteiger partial charge in [-0.05, 0) is 42.8 Å². The Kier molecular flexibility index (Phi) is 5.17. The maximum atomic E-state index is 13.2. The van der Waals surface area contributed by atoms with Gasteiger partial charge < -0.3 is 14.7 Å². The molecule has 0 amide bonds. The van der Waals surface area contributed by atoms with Crippen molar-refractivity contribution in [3.63, 3.8) is 0 Å². The minimum atomic E-state index is -0.644. The van der Waals surface area contributed by atoms with Crippen molar-refractivity contribution in [2.75, 3.05) is 25.1 Å². The third-order valence-corrected chi connectivity index (χ3v) is 3.27. The van der Waals surface area contributed by atoms with Crippen LogP contribution in [0.15, 0.2) is 48.5 Å². The van der Waals surface area contributed by atoms with Gasteiger partial charge in [0.1, 0.15) is 11.6 Å². The second-order valence-corrected chi connectivity index (χ2v) is 4.88. The lowest BCUT2D eigenvalue weighted by Crippen LogP contribution is -2.24. The number of anilines is 1. The molecule has 112 valence electrons. The molecule has 0 saturated heterocycles. The fourth-order valence-electron chi connectivity index (χ4n) is 2.14. The van der Waals surface area contributed by atoms with E-state index in [0.717, 1.165) is 17.0 Å². The molecule has 0 aromatic heterocycles. The Morgan fingerprint density at radius 3 is 2.52 bits per heavy atom. The minimum Gasteiger partial charge on any atom is -0.494 e. The largest absolute Gasteiger partial charge is 0.494 e. The molecule has 0 aliphatic heterocycles. The summed E-state index contributed by atoms with van der Waals surface area (Å²) in [7, 11) is 1.83. The molecule has 2 aromatic rings. The van der Waals surface area contributed by atoms with Crippen molar-refractivity contribution >= 4 is 5.69 Å². The summed E-state index contributed by atoms with van der Waals surface area (Å²) in [5, 5.41) is 10.3. The first-order valence-corrected chi connectivity index (χ1v) is 6.97. The smallest absolute Gasteiger partial charge is 0.125 e. The summed E-state index contributed by atoms with van der Waals surface area (Å²) in [6, 6.07) is 13.7. The van der Waals surface area contributed by atoms with Crippen molar-refractivity contribution in [3.8, 4) is 5.75 Å². The van der Waals surface area contributed by atoms with Gasteiger partial charge in [0, 0.05) is 19.3 Å². The molecule has 0 aliphatic rings. The Morgan fingerprint density at radius 1 is 1.19 bits per heavy atom. The average Bonchev–Trinajstić information content (AvgIpc) is 2.48. The van der Waals surface area contributed by atoms with Crippen molar-refractivity contribution in [3.05, 3.63) is 59.9 Å². The van der Waals surface area contributed by atoms with Gasteiger partial charge in [-0.3, -0.25) is 0 Å². The number of ether oxygens (including phenoxy) is 1. The van der Waals surface area contributed by atoms with E-state index in [1.165, 1.54) is 12.1 Å². The summed E-state index contributed by atoms with van der Waals surface area (Å²) < 4.78 is 18.6. The number of hydrogen-bond donors (Lipinski definition) is 1. The molecule has 0 radical (unpaired) electrons. The molecule has 2 rings (SSSR count). The molecule has 0 heterocycles. The average molecular weight is 289 g/mol. The lowest BCUT2D eigenvalue weighted by Gasteiger charge is -2.23. The monoisotopic (exact) mass is 289 g/mol. The second-order valence-electron chi connectivity index (χ2n) is 4.88. The molecule has 1 unspecified atom stereocenters. The first-order chi connectivity index (χ1) is 10.1. The highest BCUT2D eigenvalue weighted by Gasteiger charge is 2.12. The molecule has 0 spiro atoms. The fraction of sp³-hybridized carbons (Fsp3) is 0.294. The number of benzene rings is 2. The Morgan fingerprint density at radius 2 is 1.90 bits per heavy atom. The van der Waals surface area contributed by atoms with Crippen LogP contribution in [0.3, 0.4) is 0 Å². The van der Waals surface area contributed by atoms with E-state index in [9.17, 15) is 9.50 Å². The van der Waals surface area contributed by atoms with Crippen LogP contribution in [0.1, 0.15) is 18.6 Å². The van der Waals surface area contributed by atoms with E-state index >= 15 is 0 Å². The van der Waals surface area contributed by atoms with Gasteiger partial charge in [0.05, 0.1) is 12.7 Å². The molecule has 3 nitrogen and oxygen atoms in total. The molecule has 0 aliphatic carbocycles. The quantitative estimate of drug-likeness (QED) is 0.884. The summed E-state index contributed by atoms with van der Waals surface area (Å²) >= 11 is 0. The fourth-order valence-corrected chi connectivity index (χ4v) is 2.14. The molecule has 21 heavy (non-hydrogen) atoms. The third kappa shape index (κ3) is 4.20. The Balaban J connectivity index is 2.01. The zero-order valence-corrected chi connectivity index (χ0v) is 12.3. The van der Waals surface area contributed by atoms with Crippen molar-refractivity contribution in [2.24, 2.45) is 0 Å². The molecule has 4 heteroatoms. The maximum Gasteiger partial charge on any atom is 0.125 e. The molecule has 0 fully saturated rings. The molecular weight excluding hydrogens is 269 g/mol. The Bertz CT molecular complexity index is 571. The molecular formula is C17H20FNO2. The van der Waals surface area contributed by atoms with Crippen LogP contribution in [-0.4, -0.2) is 25.3 Å². The summed E-state index contributed by atoms with van der Waals surface area (Å²) in [6.45, 7) is 2.93. The Labute approximate surface area is 124 Å². The predicted octanol–water partition coefficient (Wildman–Crippen LogP) is 3.39. The molecule has 2 aromatic carbocycles. The Hall–Kier alpha value is -2.07. The van der Waals surface area contributed by atoms with E-state index in [2.05, 4.69) is 0 Å². The molecule has 1 atom stereocenters. The van der Waals surface area contributed by atoms with Crippen molar-refractivity contribution < 1.29 is 14.2 Å². The van der Waals surface area contributed by atoms with Crippen LogP contribution in [0.4, 0.5) is 10.1 Å². The number of aliphatic hydroxyl groups excluding tert-OH is 1. The number of hydrogen-bond acceptors (Lipinski definition) is 3. The van der Waals surface area contributed by atoms with Gasteiger partial charge in [0.25, 0.3) is 0 Å². The first kappa shape index (κ1) is 15.3. The normalized spacial score (nSPS) is 12.0. The second kappa shape index (κ2) is 7.09. The number of rotatable bonds is 6. The van der Waals surface area contributed by atoms with Crippen LogP contribution in [0.25, 0.3) is 0 Å². The van der Waals surface area contributed by atoms with Gasteiger partial charge in [-0.15, -0.1) is 0 Å². The van der Waals surface area contributed by atoms with E-state index in [1.54, 1.807) is 6.07 Å². The molecule has 1 N–H and O–H groups in total. The van der Waals surface area contributed by atoms with Gasteiger partial charge in [0.2, 0.25) is 0 Å². The van der Waals surface area contributed by atoms with Gasteiger partial charge >= 0.3 is 0 Å². The standard InChI is InChI=1S/C17H20FNO2/c1-3-21-16-9-7-13(8-10-16)17(20)12-19(2)15-6-4-5-14(18)11-15/h4-11,17,20H,3,12H2,1-2H3. The van der Waals surface area contributed by atoms with Gasteiger partial charge in [-0.25, -0.2) is 4.39 Å². The number of halogens is 1. The SMILES string of the molecule is CCOc1ccc(C(O)CN(C)c2cccc(F)c2)cc1. The van der Waals surface area contributed by atoms with Crippen LogP contribution in [-0.2, 0) is 0 Å². The number of likely N-dealkylation sites (N-methyl/N-ethyl adjacent to an activating group) is 1. The van der Waals surface area contributed by atoms with Crippen molar-refractivity contribution in [1.82, 2.24) is 0 Å². The summed E-state index contributed by atoms with van der Waals surface area (Å²) in [4.78, 5) is 1.82. The lowest BCUT2D eigenvalue weighted by atomic mass is 10.1. The van der Waals surface area contributed by atoms with E-state index < -0.39 is 6.10 Å². The van der Waals surface area contributed by atoms with Crippen LogP contribution in [0.2, 0.25) is 0 Å². The highest BCUT2D eigenvalue weighted by atomic mass is 19.1. The lowest BCUT2D eigenvalue weighted by molar-refractivity contribution is 0.185. The van der Waals surface area contributed by atoms with E-state index in [0.29, 0.717) is 13.2 Å². The van der Waals surface area contributed by atoms with Gasteiger partial charge in [-0.2, -0.15) is 0 Å². The van der Waals surface area contributed by atoms with E-state index in [1.807, 2.05) is 49.2 Å². The van der Waals surface area contributed by atoms with Crippen LogP contribution >= 0.6 is 0 Å². The molecule has 0 saturated carbocycles. The number of aliphatic hydroxyl groups is 1. The van der Waals surface area contributed by atoms with Crippen LogP contribution < -0.4 is 9.64 Å². The third-order valence-electron chi connectivity index (χ3n) is 3.27. The predicted molar refractivity (Wildman–Crippen MR) is 82.2 cm³/mol. The van der Waals surface area contributed by atoms with Crippen LogP contribution in [0.5, 0.6) is 5.75 Å². The highest BCUT2D eigenvalue weighted by Crippen LogP contribution is 2.21. The minimum absolute atomic E-state index is 0.282. The van der Waals surface area contributed by atoms with Crippen molar-refractivity contribution in [2.45, 2.75) is 13.0 Å². The van der Waals surface area contributed by atoms with Gasteiger partial charge in [0.15, 0.2) is 0 Å². The van der Waals surface area contributed by atoms with E-state index in [-0.39, 0.29) is 5.82 Å². The van der Waals surface area contributed by atoms with E-state index in [4.69, 9.17) is 4.74 Å². The topological polar surface area (TPSA) is 32.7 Å². The summed E-state index contributed by atoms with van der Waals surface area (Å²) in [5.41, 5.74) is 1.54. The first-order valence-electron chi connectivity index (χ1n) is 6.97. The molecule has 0 bridgehead atoms. The zero-order valence-electron chi connectivity index (χ0n) is 12.3. The van der Waals surface area contributed by atoms with Crippen LogP contribution in [0, 0.1) is 5.82 Å².